The van der Waals surface area contributed by atoms with Gasteiger partial charge in [-0.1, -0.05) is 0 Å². The molecule has 9 heavy (non-hydrogen) atoms. The summed E-state index contributed by atoms with van der Waals surface area (Å²) in [6.07, 6.45) is 0. The molecular weight excluding hydrogens is 125 g/mol. The summed E-state index contributed by atoms with van der Waals surface area (Å²) in [5.41, 5.74) is 5.98. The first-order valence-corrected chi connectivity index (χ1v) is 2.33. The quantitative estimate of drug-likeness (QED) is 0.304. The molecule has 0 saturated carbocycles. The average Bonchev–Trinajstić information content (AvgIpc) is 1.77. The average molecular weight is 133 g/mol. The summed E-state index contributed by atoms with van der Waals surface area (Å²) >= 11 is 0. The predicted molar refractivity (Wildman–Crippen MR) is 39.7 cm³/mol. The first-order valence-electron chi connectivity index (χ1n) is 2.33. The maximum atomic E-state index is 8.70. The van der Waals surface area contributed by atoms with Gasteiger partial charge >= 0.3 is 29.6 Å². The molecule has 44 valence electrons. The van der Waals surface area contributed by atoms with Crippen LogP contribution < -0.4 is 5.73 Å². The van der Waals surface area contributed by atoms with Gasteiger partial charge < -0.3 is 10.8 Å². The molecule has 0 aliphatic carbocycles. The third kappa shape index (κ3) is 2.75. The van der Waals surface area contributed by atoms with Crippen molar-refractivity contribution in [2.75, 3.05) is 5.73 Å². The maximum absolute atomic E-state index is 8.70. The Morgan fingerprint density at radius 1 is 1.11 bits per heavy atom. The van der Waals surface area contributed by atoms with Gasteiger partial charge in [0.2, 0.25) is 0 Å². The van der Waals surface area contributed by atoms with Crippen molar-refractivity contribution in [1.29, 1.82) is 0 Å². The molecule has 0 aromatic heterocycles. The van der Waals surface area contributed by atoms with E-state index in [1.165, 1.54) is 0 Å². The van der Waals surface area contributed by atoms with E-state index in [2.05, 4.69) is 0 Å². The molecule has 0 heterocycles. The van der Waals surface area contributed by atoms with Gasteiger partial charge in [-0.05, 0) is 24.3 Å². The van der Waals surface area contributed by atoms with Crippen LogP contribution in [0.15, 0.2) is 24.3 Å². The van der Waals surface area contributed by atoms with Gasteiger partial charge in [0.05, 0.1) is 0 Å². The van der Waals surface area contributed by atoms with Crippen molar-refractivity contribution in [3.63, 3.8) is 0 Å². The van der Waals surface area contributed by atoms with Crippen molar-refractivity contribution in [3.05, 3.63) is 24.3 Å². The molecule has 3 N–H and O–H groups in total. The molecule has 1 aromatic carbocycles. The molecule has 0 atom stereocenters. The number of benzene rings is 1. The minimum atomic E-state index is 0. The number of anilines is 1. The zero-order chi connectivity index (χ0) is 5.98. The van der Waals surface area contributed by atoms with Gasteiger partial charge in [0.25, 0.3) is 0 Å². The zero-order valence-corrected chi connectivity index (χ0v) is 4.33. The third-order valence-electron chi connectivity index (χ3n) is 0.893. The molecule has 0 aliphatic rings. The summed E-state index contributed by atoms with van der Waals surface area (Å²) in [7, 11) is 0. The van der Waals surface area contributed by atoms with Crippen molar-refractivity contribution in [2.24, 2.45) is 0 Å². The topological polar surface area (TPSA) is 46.2 Å². The Morgan fingerprint density at radius 2 is 1.56 bits per heavy atom. The Hall–Kier alpha value is -0.180. The fourth-order valence-electron chi connectivity index (χ4n) is 0.474. The van der Waals surface area contributed by atoms with Crippen molar-refractivity contribution >= 4 is 35.2 Å². The van der Waals surface area contributed by atoms with Gasteiger partial charge in [0.1, 0.15) is 5.75 Å². The number of hydrogen-bond donors (Lipinski definition) is 2. The van der Waals surface area contributed by atoms with Crippen LogP contribution in [0.5, 0.6) is 5.75 Å². The second-order valence-electron chi connectivity index (χ2n) is 1.59. The normalized spacial score (nSPS) is 8.00. The van der Waals surface area contributed by atoms with Crippen molar-refractivity contribution < 1.29 is 5.11 Å². The standard InChI is InChI=1S/C6H7NO.Na.H/c7-5-1-3-6(8)4-2-5;;/h1-4,8H,7H2;;. The number of nitrogen functional groups attached to an aromatic ring is 1. The van der Waals surface area contributed by atoms with Crippen LogP contribution in [0.2, 0.25) is 0 Å². The van der Waals surface area contributed by atoms with Crippen molar-refractivity contribution in [2.45, 2.75) is 0 Å². The Bertz CT molecular complexity index is 152. The minimum absolute atomic E-state index is 0. The summed E-state index contributed by atoms with van der Waals surface area (Å²) < 4.78 is 0. The summed E-state index contributed by atoms with van der Waals surface area (Å²) in [5.74, 6) is 0.249. The van der Waals surface area contributed by atoms with E-state index in [1.54, 1.807) is 24.3 Å². The Balaban J connectivity index is 0.000000640. The second kappa shape index (κ2) is 3.77. The molecule has 0 radical (unpaired) electrons. The number of phenols is 1. The van der Waals surface area contributed by atoms with Crippen LogP contribution in [-0.4, -0.2) is 34.7 Å². The second-order valence-corrected chi connectivity index (χ2v) is 1.59. The molecule has 0 unspecified atom stereocenters. The number of rotatable bonds is 0. The molecule has 0 amide bonds. The van der Waals surface area contributed by atoms with E-state index in [-0.39, 0.29) is 35.3 Å². The Labute approximate surface area is 76.0 Å². The molecule has 0 bridgehead atoms. The molecule has 1 rings (SSSR count). The third-order valence-corrected chi connectivity index (χ3v) is 0.893. The van der Waals surface area contributed by atoms with Gasteiger partial charge in [-0.25, -0.2) is 0 Å². The monoisotopic (exact) mass is 133 g/mol. The van der Waals surface area contributed by atoms with Crippen molar-refractivity contribution in [1.82, 2.24) is 0 Å². The number of aromatic hydroxyl groups is 1. The Kier molecular flexibility index (Phi) is 3.70. The summed E-state index contributed by atoms with van der Waals surface area (Å²) in [5, 5.41) is 8.70. The van der Waals surface area contributed by atoms with Gasteiger partial charge in [-0.15, -0.1) is 0 Å². The molecular formula is C6H8NNaO. The van der Waals surface area contributed by atoms with Crippen LogP contribution >= 0.6 is 0 Å². The fraction of sp³-hybridized carbons (Fsp3) is 0. The number of phenolic OH excluding ortho intramolecular Hbond substituents is 1. The van der Waals surface area contributed by atoms with Crippen molar-refractivity contribution in [3.8, 4) is 5.75 Å². The van der Waals surface area contributed by atoms with Gasteiger partial charge in [-0.3, -0.25) is 0 Å². The van der Waals surface area contributed by atoms with Crippen LogP contribution in [0.3, 0.4) is 0 Å². The molecule has 3 heteroatoms. The first kappa shape index (κ1) is 8.82. The molecule has 1 aromatic rings. The van der Waals surface area contributed by atoms with Gasteiger partial charge in [0.15, 0.2) is 0 Å². The molecule has 0 saturated heterocycles. The van der Waals surface area contributed by atoms with Crippen LogP contribution in [0.4, 0.5) is 5.69 Å². The van der Waals surface area contributed by atoms with E-state index in [1.807, 2.05) is 0 Å². The Morgan fingerprint density at radius 3 is 1.89 bits per heavy atom. The van der Waals surface area contributed by atoms with E-state index in [0.29, 0.717) is 5.69 Å². The molecule has 0 spiro atoms. The number of nitrogens with two attached hydrogens (primary N) is 1. The first-order chi connectivity index (χ1) is 3.79. The van der Waals surface area contributed by atoms with Crippen LogP contribution in [0.25, 0.3) is 0 Å². The molecule has 2 nitrogen and oxygen atoms in total. The summed E-state index contributed by atoms with van der Waals surface area (Å²) in [4.78, 5) is 0. The van der Waals surface area contributed by atoms with E-state index in [0.717, 1.165) is 0 Å². The van der Waals surface area contributed by atoms with Gasteiger partial charge in [0, 0.05) is 5.69 Å². The molecule has 0 fully saturated rings. The predicted octanol–water partition coefficient (Wildman–Crippen LogP) is 0.326. The number of hydrogen-bond acceptors (Lipinski definition) is 2. The van der Waals surface area contributed by atoms with E-state index in [4.69, 9.17) is 10.8 Å². The van der Waals surface area contributed by atoms with Crippen LogP contribution in [0.1, 0.15) is 0 Å². The summed E-state index contributed by atoms with van der Waals surface area (Å²) in [6, 6.07) is 6.40. The SMILES string of the molecule is Nc1ccc(O)cc1.[NaH]. The van der Waals surface area contributed by atoms with E-state index in [9.17, 15) is 0 Å². The van der Waals surface area contributed by atoms with E-state index >= 15 is 0 Å². The van der Waals surface area contributed by atoms with Crippen LogP contribution in [0, 0.1) is 0 Å². The van der Waals surface area contributed by atoms with Crippen LogP contribution in [-0.2, 0) is 0 Å². The molecule has 0 aliphatic heterocycles. The fourth-order valence-corrected chi connectivity index (χ4v) is 0.474. The zero-order valence-electron chi connectivity index (χ0n) is 4.33. The van der Waals surface area contributed by atoms with Gasteiger partial charge in [-0.2, -0.15) is 0 Å². The summed E-state index contributed by atoms with van der Waals surface area (Å²) in [6.45, 7) is 0. The van der Waals surface area contributed by atoms with E-state index < -0.39 is 0 Å².